The fraction of sp³-hybridized carbons (Fsp3) is 0.909. The van der Waals surface area contributed by atoms with Gasteiger partial charge in [-0.1, -0.05) is 26.7 Å². The van der Waals surface area contributed by atoms with Crippen molar-refractivity contribution in [1.82, 2.24) is 20.4 Å². The molecule has 2 N–H and O–H groups in total. The Balaban J connectivity index is 1.95. The zero-order valence-electron chi connectivity index (χ0n) is 19.1. The summed E-state index contributed by atoms with van der Waals surface area (Å²) in [5.74, 6) is 1.29. The summed E-state index contributed by atoms with van der Waals surface area (Å²) < 4.78 is 5.84. The number of likely N-dealkylation sites (N-methyl/N-ethyl adjacent to an activating group) is 1. The van der Waals surface area contributed by atoms with E-state index in [9.17, 15) is 4.79 Å². The van der Waals surface area contributed by atoms with Crippen LogP contribution in [0.4, 0.5) is 0 Å². The minimum absolute atomic E-state index is 0.00736. The molecule has 2 rings (SSSR count). The summed E-state index contributed by atoms with van der Waals surface area (Å²) in [6.07, 6.45) is 8.95. The third-order valence-electron chi connectivity index (χ3n) is 6.00. The van der Waals surface area contributed by atoms with Crippen molar-refractivity contribution in [3.8, 4) is 0 Å². The quantitative estimate of drug-likeness (QED) is 0.475. The lowest BCUT2D eigenvalue weighted by atomic mass is 10.0. The van der Waals surface area contributed by atoms with Crippen molar-refractivity contribution >= 4 is 11.9 Å². The van der Waals surface area contributed by atoms with Gasteiger partial charge in [0.15, 0.2) is 5.96 Å². The highest BCUT2D eigenvalue weighted by Gasteiger charge is 2.23. The van der Waals surface area contributed by atoms with E-state index < -0.39 is 0 Å². The van der Waals surface area contributed by atoms with E-state index in [2.05, 4.69) is 34.4 Å². The summed E-state index contributed by atoms with van der Waals surface area (Å²) >= 11 is 0. The largest absolute Gasteiger partial charge is 0.376 e. The Morgan fingerprint density at radius 1 is 1.10 bits per heavy atom. The Labute approximate surface area is 177 Å². The van der Waals surface area contributed by atoms with Crippen LogP contribution in [0.5, 0.6) is 0 Å². The third-order valence-corrected chi connectivity index (χ3v) is 6.00. The summed E-state index contributed by atoms with van der Waals surface area (Å²) in [6, 6.07) is 0.468. The lowest BCUT2D eigenvalue weighted by molar-refractivity contribution is -0.127. The molecule has 2 aliphatic heterocycles. The number of nitrogens with zero attached hydrogens (tertiary/aromatic N) is 3. The van der Waals surface area contributed by atoms with E-state index >= 15 is 0 Å². The number of ether oxygens (including phenoxy) is 1. The van der Waals surface area contributed by atoms with Gasteiger partial charge < -0.3 is 20.3 Å². The Bertz CT molecular complexity index is 495. The van der Waals surface area contributed by atoms with Crippen molar-refractivity contribution in [3.05, 3.63) is 0 Å². The van der Waals surface area contributed by atoms with E-state index in [1.807, 2.05) is 0 Å². The molecular formula is C22H43N5O2. The first-order chi connectivity index (χ1) is 14.0. The molecule has 29 heavy (non-hydrogen) atoms. The highest BCUT2D eigenvalue weighted by Crippen LogP contribution is 2.17. The minimum Gasteiger partial charge on any atom is -0.376 e. The lowest BCUT2D eigenvalue weighted by Gasteiger charge is -2.34. The molecule has 2 fully saturated rings. The number of nitrogens with one attached hydrogen (secondary N) is 2. The number of aliphatic imine (C=N–C) groups is 1. The van der Waals surface area contributed by atoms with E-state index in [4.69, 9.17) is 4.74 Å². The molecule has 0 aliphatic carbocycles. The number of hydrogen-bond donors (Lipinski definition) is 2. The van der Waals surface area contributed by atoms with Gasteiger partial charge in [-0.25, -0.2) is 4.99 Å². The summed E-state index contributed by atoms with van der Waals surface area (Å²) in [5, 5.41) is 6.94. The molecule has 2 atom stereocenters. The second-order valence-corrected chi connectivity index (χ2v) is 8.96. The van der Waals surface area contributed by atoms with Gasteiger partial charge >= 0.3 is 0 Å². The molecule has 2 heterocycles. The number of guanidine groups is 1. The molecule has 2 aliphatic rings. The fourth-order valence-corrected chi connectivity index (χ4v) is 4.06. The zero-order chi connectivity index (χ0) is 21.1. The molecular weight excluding hydrogens is 366 g/mol. The molecule has 7 heteroatoms. The number of rotatable bonds is 8. The third kappa shape index (κ3) is 8.91. The lowest BCUT2D eigenvalue weighted by Crippen LogP contribution is -2.51. The van der Waals surface area contributed by atoms with Crippen LogP contribution in [0.25, 0.3) is 0 Å². The van der Waals surface area contributed by atoms with Crippen LogP contribution in [-0.2, 0) is 9.53 Å². The first kappa shape index (κ1) is 23.9. The van der Waals surface area contributed by atoms with Gasteiger partial charge in [-0.3, -0.25) is 9.69 Å². The molecule has 2 unspecified atom stereocenters. The molecule has 7 nitrogen and oxygen atoms in total. The molecule has 0 aromatic carbocycles. The highest BCUT2D eigenvalue weighted by molar-refractivity contribution is 5.84. The van der Waals surface area contributed by atoms with Gasteiger partial charge in [-0.05, 0) is 51.1 Å². The van der Waals surface area contributed by atoms with Crippen LogP contribution < -0.4 is 10.6 Å². The van der Waals surface area contributed by atoms with Crippen LogP contribution in [0, 0.1) is 5.92 Å². The monoisotopic (exact) mass is 409 g/mol. The number of likely N-dealkylation sites (tertiary alicyclic amines) is 1. The smallest absolute Gasteiger partial charge is 0.243 e. The average Bonchev–Trinajstić information content (AvgIpc) is 2.99. The summed E-state index contributed by atoms with van der Waals surface area (Å²) in [7, 11) is 3.53. The van der Waals surface area contributed by atoms with Gasteiger partial charge in [0.05, 0.1) is 6.10 Å². The summed E-state index contributed by atoms with van der Waals surface area (Å²) in [6.45, 7) is 9.53. The van der Waals surface area contributed by atoms with E-state index in [0.717, 1.165) is 38.5 Å². The number of carbonyl (C=O) groups excluding carboxylic acids is 1. The summed E-state index contributed by atoms with van der Waals surface area (Å²) in [4.78, 5) is 20.8. The van der Waals surface area contributed by atoms with Crippen molar-refractivity contribution in [2.75, 3.05) is 53.4 Å². The van der Waals surface area contributed by atoms with Crippen LogP contribution in [-0.4, -0.2) is 87.2 Å². The van der Waals surface area contributed by atoms with Gasteiger partial charge in [0, 0.05) is 39.8 Å². The van der Waals surface area contributed by atoms with Gasteiger partial charge in [0.1, 0.15) is 6.54 Å². The van der Waals surface area contributed by atoms with Crippen LogP contribution in [0.15, 0.2) is 4.99 Å². The van der Waals surface area contributed by atoms with Gasteiger partial charge in [0.25, 0.3) is 0 Å². The first-order valence-electron chi connectivity index (χ1n) is 11.6. The van der Waals surface area contributed by atoms with Crippen molar-refractivity contribution in [1.29, 1.82) is 0 Å². The SMILES string of the molecule is CC(C)C(CNC(=NCC(=O)N(C)C)NCC1CCCCO1)N1CCCCCC1. The van der Waals surface area contributed by atoms with Crippen LogP contribution in [0.2, 0.25) is 0 Å². The molecule has 0 saturated carbocycles. The van der Waals surface area contributed by atoms with Crippen molar-refractivity contribution < 1.29 is 9.53 Å². The van der Waals surface area contributed by atoms with Gasteiger partial charge in [0.2, 0.25) is 5.91 Å². The highest BCUT2D eigenvalue weighted by atomic mass is 16.5. The Morgan fingerprint density at radius 2 is 1.83 bits per heavy atom. The van der Waals surface area contributed by atoms with E-state index in [1.165, 1.54) is 45.2 Å². The second kappa shape index (κ2) is 13.1. The van der Waals surface area contributed by atoms with Gasteiger partial charge in [-0.15, -0.1) is 0 Å². The Hall–Kier alpha value is -1.34. The topological polar surface area (TPSA) is 69.2 Å². The molecule has 0 bridgehead atoms. The molecule has 1 amide bonds. The van der Waals surface area contributed by atoms with E-state index in [-0.39, 0.29) is 18.6 Å². The summed E-state index contributed by atoms with van der Waals surface area (Å²) in [5.41, 5.74) is 0. The molecule has 0 aromatic rings. The van der Waals surface area contributed by atoms with Crippen molar-refractivity contribution in [2.24, 2.45) is 10.9 Å². The normalized spacial score (nSPS) is 22.8. The maximum absolute atomic E-state index is 12.0. The maximum atomic E-state index is 12.0. The van der Waals surface area contributed by atoms with Gasteiger partial charge in [-0.2, -0.15) is 0 Å². The minimum atomic E-state index is 0.00736. The second-order valence-electron chi connectivity index (χ2n) is 8.96. The zero-order valence-corrected chi connectivity index (χ0v) is 19.1. The molecule has 0 radical (unpaired) electrons. The van der Waals surface area contributed by atoms with Crippen molar-refractivity contribution in [3.63, 3.8) is 0 Å². The standard InChI is InChI=1S/C22H43N5O2/c1-18(2)20(27-12-8-5-6-9-13-27)16-24-22(25-17-21(28)26(3)4)23-15-19-11-7-10-14-29-19/h18-20H,5-17H2,1-4H3,(H2,23,24,25). The molecule has 0 aromatic heterocycles. The van der Waals surface area contributed by atoms with Crippen LogP contribution in [0.3, 0.4) is 0 Å². The van der Waals surface area contributed by atoms with Crippen molar-refractivity contribution in [2.45, 2.75) is 70.9 Å². The van der Waals surface area contributed by atoms with E-state index in [1.54, 1.807) is 19.0 Å². The molecule has 168 valence electrons. The van der Waals surface area contributed by atoms with Crippen LogP contribution in [0.1, 0.15) is 58.8 Å². The predicted octanol–water partition coefficient (Wildman–Crippen LogP) is 2.08. The number of amides is 1. The Morgan fingerprint density at radius 3 is 2.41 bits per heavy atom. The first-order valence-corrected chi connectivity index (χ1v) is 11.6. The maximum Gasteiger partial charge on any atom is 0.243 e. The van der Waals surface area contributed by atoms with E-state index in [0.29, 0.717) is 12.0 Å². The average molecular weight is 410 g/mol. The fourth-order valence-electron chi connectivity index (χ4n) is 4.06. The molecule has 2 saturated heterocycles. The number of carbonyl (C=O) groups is 1. The number of hydrogen-bond acceptors (Lipinski definition) is 4. The Kier molecular flexibility index (Phi) is 10.8. The molecule has 0 spiro atoms. The van der Waals surface area contributed by atoms with Crippen LogP contribution >= 0.6 is 0 Å². The predicted molar refractivity (Wildman–Crippen MR) is 119 cm³/mol.